The van der Waals surface area contributed by atoms with Gasteiger partial charge >= 0.3 is 0 Å². The maximum atomic E-state index is 12.3. The van der Waals surface area contributed by atoms with Crippen LogP contribution in [0.4, 0.5) is 11.4 Å². The molecule has 2 unspecified atom stereocenters. The Morgan fingerprint density at radius 1 is 1.32 bits per heavy atom. The molecule has 0 radical (unpaired) electrons. The molecule has 1 saturated carbocycles. The summed E-state index contributed by atoms with van der Waals surface area (Å²) in [5.74, 6) is 0.0138. The summed E-state index contributed by atoms with van der Waals surface area (Å²) in [7, 11) is 3.97. The molecule has 0 bridgehead atoms. The van der Waals surface area contributed by atoms with Crippen LogP contribution in [0.3, 0.4) is 0 Å². The van der Waals surface area contributed by atoms with Crippen molar-refractivity contribution in [3.05, 3.63) is 24.3 Å². The predicted octanol–water partition coefficient (Wildman–Crippen LogP) is 2.21. The number of hydrogen-bond donors (Lipinski definition) is 2. The second-order valence-corrected chi connectivity index (χ2v) is 5.49. The van der Waals surface area contributed by atoms with Crippen molar-refractivity contribution in [2.45, 2.75) is 31.7 Å². The molecular formula is C15H23N3O. The SMILES string of the molecule is CN(C)c1cccc(NC(=O)C2CCCCC2N)c1. The summed E-state index contributed by atoms with van der Waals surface area (Å²) < 4.78 is 0. The average Bonchev–Trinajstić information content (AvgIpc) is 2.39. The Bertz CT molecular complexity index is 445. The minimum Gasteiger partial charge on any atom is -0.378 e. The van der Waals surface area contributed by atoms with Gasteiger partial charge in [-0.05, 0) is 31.0 Å². The monoisotopic (exact) mass is 261 g/mol. The summed E-state index contributed by atoms with van der Waals surface area (Å²) in [6.07, 6.45) is 4.10. The van der Waals surface area contributed by atoms with Gasteiger partial charge in [-0.25, -0.2) is 0 Å². The molecule has 0 heterocycles. The number of nitrogens with two attached hydrogens (primary N) is 1. The number of amides is 1. The first-order chi connectivity index (χ1) is 9.08. The van der Waals surface area contributed by atoms with Crippen LogP contribution in [-0.2, 0) is 4.79 Å². The molecule has 104 valence electrons. The molecule has 2 atom stereocenters. The number of carbonyl (C=O) groups is 1. The van der Waals surface area contributed by atoms with Gasteiger partial charge in [0, 0.05) is 31.5 Å². The minimum atomic E-state index is -0.0447. The Hall–Kier alpha value is -1.55. The highest BCUT2D eigenvalue weighted by Crippen LogP contribution is 2.25. The summed E-state index contributed by atoms with van der Waals surface area (Å²) in [4.78, 5) is 14.3. The van der Waals surface area contributed by atoms with Crippen molar-refractivity contribution in [3.63, 3.8) is 0 Å². The maximum Gasteiger partial charge on any atom is 0.229 e. The number of hydrogen-bond acceptors (Lipinski definition) is 3. The second kappa shape index (κ2) is 6.06. The molecule has 2 rings (SSSR count). The van der Waals surface area contributed by atoms with Gasteiger partial charge in [0.25, 0.3) is 0 Å². The Labute approximate surface area is 115 Å². The van der Waals surface area contributed by atoms with Crippen LogP contribution < -0.4 is 16.0 Å². The number of nitrogens with one attached hydrogen (secondary N) is 1. The third kappa shape index (κ3) is 3.47. The van der Waals surface area contributed by atoms with Gasteiger partial charge in [-0.3, -0.25) is 4.79 Å². The van der Waals surface area contributed by atoms with Crippen LogP contribution in [0.5, 0.6) is 0 Å². The van der Waals surface area contributed by atoms with E-state index in [0.717, 1.165) is 37.1 Å². The van der Waals surface area contributed by atoms with Gasteiger partial charge in [0.1, 0.15) is 0 Å². The fourth-order valence-corrected chi connectivity index (χ4v) is 2.58. The minimum absolute atomic E-state index is 0.00535. The van der Waals surface area contributed by atoms with E-state index in [4.69, 9.17) is 5.73 Å². The van der Waals surface area contributed by atoms with E-state index in [1.807, 2.05) is 43.3 Å². The van der Waals surface area contributed by atoms with Crippen molar-refractivity contribution in [3.8, 4) is 0 Å². The van der Waals surface area contributed by atoms with E-state index in [-0.39, 0.29) is 17.9 Å². The lowest BCUT2D eigenvalue weighted by molar-refractivity contribution is -0.121. The average molecular weight is 261 g/mol. The molecular weight excluding hydrogens is 238 g/mol. The highest BCUT2D eigenvalue weighted by atomic mass is 16.1. The molecule has 3 N–H and O–H groups in total. The summed E-state index contributed by atoms with van der Waals surface area (Å²) in [5.41, 5.74) is 7.96. The number of nitrogens with zero attached hydrogens (tertiary/aromatic N) is 1. The quantitative estimate of drug-likeness (QED) is 0.877. The number of rotatable bonds is 3. The molecule has 0 aliphatic heterocycles. The lowest BCUT2D eigenvalue weighted by atomic mass is 9.84. The lowest BCUT2D eigenvalue weighted by Gasteiger charge is -2.27. The predicted molar refractivity (Wildman–Crippen MR) is 79.3 cm³/mol. The fourth-order valence-electron chi connectivity index (χ4n) is 2.58. The molecule has 0 saturated heterocycles. The van der Waals surface area contributed by atoms with Crippen molar-refractivity contribution in [1.29, 1.82) is 0 Å². The first-order valence-electron chi connectivity index (χ1n) is 6.92. The van der Waals surface area contributed by atoms with E-state index in [0.29, 0.717) is 0 Å². The zero-order chi connectivity index (χ0) is 13.8. The number of anilines is 2. The van der Waals surface area contributed by atoms with Crippen LogP contribution in [0.25, 0.3) is 0 Å². The standard InChI is InChI=1S/C15H23N3O/c1-18(2)12-7-5-6-11(10-12)17-15(19)13-8-3-4-9-14(13)16/h5-7,10,13-14H,3-4,8-9,16H2,1-2H3,(H,17,19). The van der Waals surface area contributed by atoms with Gasteiger partial charge in [-0.15, -0.1) is 0 Å². The van der Waals surface area contributed by atoms with Gasteiger partial charge in [-0.1, -0.05) is 18.9 Å². The van der Waals surface area contributed by atoms with Crippen molar-refractivity contribution in [2.75, 3.05) is 24.3 Å². The summed E-state index contributed by atoms with van der Waals surface area (Å²) >= 11 is 0. The molecule has 4 heteroatoms. The van der Waals surface area contributed by atoms with E-state index in [1.165, 1.54) is 0 Å². The zero-order valence-corrected chi connectivity index (χ0v) is 11.7. The van der Waals surface area contributed by atoms with Crippen molar-refractivity contribution >= 4 is 17.3 Å². The molecule has 0 aromatic heterocycles. The first-order valence-corrected chi connectivity index (χ1v) is 6.92. The van der Waals surface area contributed by atoms with Gasteiger partial charge < -0.3 is 16.0 Å². The Morgan fingerprint density at radius 3 is 2.74 bits per heavy atom. The molecule has 1 fully saturated rings. The van der Waals surface area contributed by atoms with Gasteiger partial charge in [-0.2, -0.15) is 0 Å². The molecule has 1 amide bonds. The molecule has 1 aromatic rings. The third-order valence-electron chi connectivity index (χ3n) is 3.79. The van der Waals surface area contributed by atoms with Crippen molar-refractivity contribution in [1.82, 2.24) is 0 Å². The smallest absolute Gasteiger partial charge is 0.229 e. The molecule has 4 nitrogen and oxygen atoms in total. The number of benzene rings is 1. The van der Waals surface area contributed by atoms with Crippen LogP contribution in [-0.4, -0.2) is 26.0 Å². The first kappa shape index (κ1) is 13.9. The molecule has 1 aromatic carbocycles. The largest absolute Gasteiger partial charge is 0.378 e. The molecule has 1 aliphatic rings. The van der Waals surface area contributed by atoms with Gasteiger partial charge in [0.2, 0.25) is 5.91 Å². The van der Waals surface area contributed by atoms with Crippen molar-refractivity contribution < 1.29 is 4.79 Å². The summed E-state index contributed by atoms with van der Waals surface area (Å²) in [6.45, 7) is 0. The number of carbonyl (C=O) groups excluding carboxylic acids is 1. The van der Waals surface area contributed by atoms with Crippen LogP contribution in [0.2, 0.25) is 0 Å². The van der Waals surface area contributed by atoms with E-state index in [2.05, 4.69) is 5.32 Å². The van der Waals surface area contributed by atoms with Crippen molar-refractivity contribution in [2.24, 2.45) is 11.7 Å². The third-order valence-corrected chi connectivity index (χ3v) is 3.79. The fraction of sp³-hybridized carbons (Fsp3) is 0.533. The summed E-state index contributed by atoms with van der Waals surface area (Å²) in [5, 5.41) is 2.99. The molecule has 0 spiro atoms. The highest BCUT2D eigenvalue weighted by Gasteiger charge is 2.28. The van der Waals surface area contributed by atoms with Crippen LogP contribution in [0.1, 0.15) is 25.7 Å². The van der Waals surface area contributed by atoms with E-state index in [9.17, 15) is 4.79 Å². The van der Waals surface area contributed by atoms with Crippen LogP contribution in [0.15, 0.2) is 24.3 Å². The molecule has 1 aliphatic carbocycles. The van der Waals surface area contributed by atoms with Crippen LogP contribution in [0, 0.1) is 5.92 Å². The van der Waals surface area contributed by atoms with E-state index < -0.39 is 0 Å². The Morgan fingerprint density at radius 2 is 2.05 bits per heavy atom. The summed E-state index contributed by atoms with van der Waals surface area (Å²) in [6, 6.07) is 7.87. The highest BCUT2D eigenvalue weighted by molar-refractivity contribution is 5.93. The van der Waals surface area contributed by atoms with Crippen LogP contribution >= 0.6 is 0 Å². The van der Waals surface area contributed by atoms with Gasteiger partial charge in [0.05, 0.1) is 5.92 Å². The topological polar surface area (TPSA) is 58.4 Å². The van der Waals surface area contributed by atoms with Gasteiger partial charge in [0.15, 0.2) is 0 Å². The normalized spacial score (nSPS) is 22.9. The molecule has 19 heavy (non-hydrogen) atoms. The zero-order valence-electron chi connectivity index (χ0n) is 11.7. The van der Waals surface area contributed by atoms with E-state index in [1.54, 1.807) is 0 Å². The second-order valence-electron chi connectivity index (χ2n) is 5.49. The Balaban J connectivity index is 2.03. The maximum absolute atomic E-state index is 12.3. The Kier molecular flexibility index (Phi) is 4.43. The lowest BCUT2D eigenvalue weighted by Crippen LogP contribution is -2.40. The van der Waals surface area contributed by atoms with E-state index >= 15 is 0 Å².